The van der Waals surface area contributed by atoms with Crippen molar-refractivity contribution in [3.8, 4) is 5.75 Å². The van der Waals surface area contributed by atoms with Crippen LogP contribution in [0.1, 0.15) is 12.8 Å². The Hall–Kier alpha value is -1.79. The Labute approximate surface area is 129 Å². The van der Waals surface area contributed by atoms with Crippen LogP contribution in [0.2, 0.25) is 0 Å². The highest BCUT2D eigenvalue weighted by molar-refractivity contribution is 5.95. The molecule has 1 aromatic rings. The van der Waals surface area contributed by atoms with Gasteiger partial charge in [0.15, 0.2) is 0 Å². The lowest BCUT2D eigenvalue weighted by atomic mass is 9.96. The quantitative estimate of drug-likeness (QED) is 0.753. The highest BCUT2D eigenvalue weighted by Gasteiger charge is 2.25. The zero-order valence-corrected chi connectivity index (χ0v) is 12.4. The molecule has 0 spiro atoms. The highest BCUT2D eigenvalue weighted by Crippen LogP contribution is 2.19. The van der Waals surface area contributed by atoms with E-state index in [9.17, 15) is 9.59 Å². The number of nitrogens with two attached hydrogens (primary N) is 1. The van der Waals surface area contributed by atoms with E-state index in [-0.39, 0.29) is 36.6 Å². The monoisotopic (exact) mass is 313 g/mol. The number of hydrogen-bond acceptors (Lipinski definition) is 4. The minimum Gasteiger partial charge on any atom is -0.492 e. The minimum atomic E-state index is -0.253. The van der Waals surface area contributed by atoms with Crippen molar-refractivity contribution in [1.29, 1.82) is 0 Å². The van der Waals surface area contributed by atoms with E-state index >= 15 is 0 Å². The van der Waals surface area contributed by atoms with E-state index < -0.39 is 0 Å². The maximum absolute atomic E-state index is 12.0. The summed E-state index contributed by atoms with van der Waals surface area (Å²) < 4.78 is 5.35. The Balaban J connectivity index is 0.00000220. The summed E-state index contributed by atoms with van der Waals surface area (Å²) >= 11 is 0. The summed E-state index contributed by atoms with van der Waals surface area (Å²) in [5, 5.41) is 5.53. The molecule has 0 aliphatic carbocycles. The number of rotatable bonds is 5. The summed E-state index contributed by atoms with van der Waals surface area (Å²) in [5.41, 5.74) is 6.05. The highest BCUT2D eigenvalue weighted by atomic mass is 35.5. The molecule has 1 unspecified atom stereocenters. The number of nitrogens with one attached hydrogen (secondary N) is 2. The van der Waals surface area contributed by atoms with Crippen LogP contribution in [-0.2, 0) is 9.59 Å². The molecule has 0 bridgehead atoms. The molecular weight excluding hydrogens is 294 g/mol. The average Bonchev–Trinajstić information content (AvgIpc) is 2.46. The van der Waals surface area contributed by atoms with Gasteiger partial charge in [0, 0.05) is 31.1 Å². The van der Waals surface area contributed by atoms with Gasteiger partial charge in [0.25, 0.3) is 0 Å². The molecule has 1 heterocycles. The van der Waals surface area contributed by atoms with Crippen LogP contribution < -0.4 is 21.1 Å². The van der Waals surface area contributed by atoms with Gasteiger partial charge >= 0.3 is 0 Å². The van der Waals surface area contributed by atoms with Gasteiger partial charge in [-0.1, -0.05) is 0 Å². The number of ether oxygens (including phenoxy) is 1. The van der Waals surface area contributed by atoms with Crippen molar-refractivity contribution in [3.63, 3.8) is 0 Å². The van der Waals surface area contributed by atoms with E-state index in [0.29, 0.717) is 37.6 Å². The molecule has 6 nitrogen and oxygen atoms in total. The third-order valence-electron chi connectivity index (χ3n) is 3.13. The molecule has 2 amide bonds. The summed E-state index contributed by atoms with van der Waals surface area (Å²) in [6.45, 7) is 1.48. The number of halogens is 1. The molecule has 7 heteroatoms. The first-order valence-corrected chi connectivity index (χ1v) is 6.69. The van der Waals surface area contributed by atoms with Crippen molar-refractivity contribution < 1.29 is 14.3 Å². The summed E-state index contributed by atoms with van der Waals surface area (Å²) in [7, 11) is 0. The number of carbonyl (C=O) groups excluding carboxylic acids is 2. The lowest BCUT2D eigenvalue weighted by molar-refractivity contribution is -0.129. The van der Waals surface area contributed by atoms with Crippen molar-refractivity contribution in [2.75, 3.05) is 25.0 Å². The topological polar surface area (TPSA) is 93.4 Å². The number of anilines is 1. The number of carbonyl (C=O) groups is 2. The van der Waals surface area contributed by atoms with Crippen molar-refractivity contribution in [3.05, 3.63) is 24.3 Å². The van der Waals surface area contributed by atoms with Gasteiger partial charge in [0.2, 0.25) is 11.8 Å². The molecule has 21 heavy (non-hydrogen) atoms. The van der Waals surface area contributed by atoms with E-state index in [1.807, 2.05) is 0 Å². The van der Waals surface area contributed by atoms with Crippen LogP contribution in [0.25, 0.3) is 0 Å². The third-order valence-corrected chi connectivity index (χ3v) is 3.13. The Bertz CT molecular complexity index is 479. The molecule has 1 aliphatic heterocycles. The molecule has 116 valence electrons. The van der Waals surface area contributed by atoms with Gasteiger partial charge in [-0.2, -0.15) is 0 Å². The minimum absolute atomic E-state index is 0. The first kappa shape index (κ1) is 17.3. The van der Waals surface area contributed by atoms with Gasteiger partial charge in [-0.05, 0) is 30.7 Å². The number of benzene rings is 1. The van der Waals surface area contributed by atoms with Crippen LogP contribution in [0, 0.1) is 5.92 Å². The Morgan fingerprint density at radius 3 is 2.71 bits per heavy atom. The fraction of sp³-hybridized carbons (Fsp3) is 0.429. The predicted molar refractivity (Wildman–Crippen MR) is 82.6 cm³/mol. The van der Waals surface area contributed by atoms with Gasteiger partial charge < -0.3 is 21.1 Å². The second-order valence-corrected chi connectivity index (χ2v) is 4.69. The zero-order valence-electron chi connectivity index (χ0n) is 11.6. The Kier molecular flexibility index (Phi) is 6.98. The normalized spacial score (nSPS) is 17.4. The van der Waals surface area contributed by atoms with Crippen LogP contribution in [0.3, 0.4) is 0 Å². The zero-order chi connectivity index (χ0) is 14.4. The van der Waals surface area contributed by atoms with Crippen LogP contribution >= 0.6 is 12.4 Å². The Morgan fingerprint density at radius 1 is 1.38 bits per heavy atom. The van der Waals surface area contributed by atoms with Crippen molar-refractivity contribution in [2.24, 2.45) is 11.7 Å². The number of piperidine rings is 1. The lowest BCUT2D eigenvalue weighted by Crippen LogP contribution is -2.38. The first-order valence-electron chi connectivity index (χ1n) is 6.69. The fourth-order valence-corrected chi connectivity index (χ4v) is 2.06. The molecule has 1 atom stereocenters. The van der Waals surface area contributed by atoms with E-state index in [2.05, 4.69) is 10.6 Å². The van der Waals surface area contributed by atoms with Gasteiger partial charge in [-0.15, -0.1) is 12.4 Å². The van der Waals surface area contributed by atoms with Gasteiger partial charge in [-0.3, -0.25) is 9.59 Å². The molecule has 0 aromatic heterocycles. The third kappa shape index (κ3) is 5.24. The molecule has 0 radical (unpaired) electrons. The van der Waals surface area contributed by atoms with Crippen LogP contribution in [-0.4, -0.2) is 31.5 Å². The molecule has 0 saturated carbocycles. The predicted octanol–water partition coefficient (Wildman–Crippen LogP) is 0.911. The van der Waals surface area contributed by atoms with E-state index in [0.717, 1.165) is 0 Å². The largest absolute Gasteiger partial charge is 0.492 e. The van der Waals surface area contributed by atoms with E-state index in [1.165, 1.54) is 0 Å². The molecular formula is C14H20ClN3O3. The number of amides is 2. The molecule has 1 aliphatic rings. The summed E-state index contributed by atoms with van der Waals surface area (Å²) in [4.78, 5) is 23.3. The first-order chi connectivity index (χ1) is 9.69. The SMILES string of the molecule is Cl.NCCOc1ccc(NC(=O)C2CCNC(=O)C2)cc1. The van der Waals surface area contributed by atoms with Crippen LogP contribution in [0.4, 0.5) is 5.69 Å². The molecule has 1 aromatic carbocycles. The molecule has 2 rings (SSSR count). The van der Waals surface area contributed by atoms with Crippen molar-refractivity contribution in [1.82, 2.24) is 5.32 Å². The lowest BCUT2D eigenvalue weighted by Gasteiger charge is -2.21. The van der Waals surface area contributed by atoms with Crippen molar-refractivity contribution >= 4 is 29.9 Å². The van der Waals surface area contributed by atoms with Crippen molar-refractivity contribution in [2.45, 2.75) is 12.8 Å². The molecule has 4 N–H and O–H groups in total. The standard InChI is InChI=1S/C14H19N3O3.ClH/c15-6-8-20-12-3-1-11(2-4-12)17-14(19)10-5-7-16-13(18)9-10;/h1-4,10H,5-9,15H2,(H,16,18)(H,17,19);1H. The van der Waals surface area contributed by atoms with Gasteiger partial charge in [0.1, 0.15) is 12.4 Å². The molecule has 1 saturated heterocycles. The fourth-order valence-electron chi connectivity index (χ4n) is 2.06. The van der Waals surface area contributed by atoms with Gasteiger partial charge in [0.05, 0.1) is 0 Å². The van der Waals surface area contributed by atoms with Crippen LogP contribution in [0.5, 0.6) is 5.75 Å². The van der Waals surface area contributed by atoms with Gasteiger partial charge in [-0.25, -0.2) is 0 Å². The number of hydrogen-bond donors (Lipinski definition) is 3. The molecule has 1 fully saturated rings. The van der Waals surface area contributed by atoms with E-state index in [4.69, 9.17) is 10.5 Å². The second kappa shape index (κ2) is 8.49. The maximum Gasteiger partial charge on any atom is 0.228 e. The summed E-state index contributed by atoms with van der Waals surface area (Å²) in [5.74, 6) is 0.278. The second-order valence-electron chi connectivity index (χ2n) is 4.69. The van der Waals surface area contributed by atoms with E-state index in [1.54, 1.807) is 24.3 Å². The maximum atomic E-state index is 12.0. The Morgan fingerprint density at radius 2 is 2.10 bits per heavy atom. The smallest absolute Gasteiger partial charge is 0.228 e. The summed E-state index contributed by atoms with van der Waals surface area (Å²) in [6, 6.07) is 7.09. The average molecular weight is 314 g/mol. The summed E-state index contributed by atoms with van der Waals surface area (Å²) in [6.07, 6.45) is 0.929. The van der Waals surface area contributed by atoms with Crippen LogP contribution in [0.15, 0.2) is 24.3 Å².